The van der Waals surface area contributed by atoms with E-state index in [1.807, 2.05) is 36.4 Å². The molecule has 0 saturated carbocycles. The highest BCUT2D eigenvalue weighted by Gasteiger charge is 2.31. The van der Waals surface area contributed by atoms with Crippen LogP contribution in [-0.4, -0.2) is 15.0 Å². The van der Waals surface area contributed by atoms with Crippen molar-refractivity contribution in [2.24, 2.45) is 0 Å². The van der Waals surface area contributed by atoms with Gasteiger partial charge in [-0.25, -0.2) is 19.8 Å². The van der Waals surface area contributed by atoms with Crippen molar-refractivity contribution in [2.75, 3.05) is 4.90 Å². The molecule has 0 spiro atoms. The number of nitriles is 1. The second kappa shape index (κ2) is 15.6. The van der Waals surface area contributed by atoms with Crippen LogP contribution in [0.3, 0.4) is 0 Å². The quantitative estimate of drug-likeness (QED) is 0.143. The molecule has 0 radical (unpaired) electrons. The van der Waals surface area contributed by atoms with Gasteiger partial charge in [0.2, 0.25) is 0 Å². The van der Waals surface area contributed by atoms with E-state index in [2.05, 4.69) is 161 Å². The van der Waals surface area contributed by atoms with Gasteiger partial charge < -0.3 is 4.90 Å². The fourth-order valence-electron chi connectivity index (χ4n) is 8.70. The molecule has 1 heterocycles. The average Bonchev–Trinajstić information content (AvgIpc) is 3.71. The van der Waals surface area contributed by atoms with Crippen molar-refractivity contribution in [3.05, 3.63) is 223 Å². The summed E-state index contributed by atoms with van der Waals surface area (Å²) in [5.74, 6) is 1.49. The zero-order valence-corrected chi connectivity index (χ0v) is 33.8. The zero-order valence-electron chi connectivity index (χ0n) is 33.8. The predicted octanol–water partition coefficient (Wildman–Crippen LogP) is 14.9. The lowest BCUT2D eigenvalue weighted by Crippen LogP contribution is -2.12. The summed E-state index contributed by atoms with van der Waals surface area (Å²) >= 11 is 0. The maximum absolute atomic E-state index is 9.56. The smallest absolute Gasteiger partial charge is 0.187 e. The van der Waals surface area contributed by atoms with Gasteiger partial charge in [0.25, 0.3) is 0 Å². The minimum Gasteiger partial charge on any atom is -0.310 e. The predicted molar refractivity (Wildman–Crippen MR) is 255 cm³/mol. The van der Waals surface area contributed by atoms with Gasteiger partial charge in [0.15, 0.2) is 23.2 Å². The van der Waals surface area contributed by atoms with E-state index in [4.69, 9.17) is 21.5 Å². The van der Waals surface area contributed by atoms with Crippen LogP contribution >= 0.6 is 0 Å². The van der Waals surface area contributed by atoms with Crippen LogP contribution in [0.15, 0.2) is 206 Å². The summed E-state index contributed by atoms with van der Waals surface area (Å²) in [5, 5.41) is 11.9. The number of rotatable bonds is 8. The third-order valence-electron chi connectivity index (χ3n) is 11.7. The van der Waals surface area contributed by atoms with Crippen LogP contribution in [0, 0.1) is 17.9 Å². The first kappa shape index (κ1) is 37.1. The van der Waals surface area contributed by atoms with E-state index < -0.39 is 0 Å². The van der Waals surface area contributed by atoms with Crippen molar-refractivity contribution in [3.8, 4) is 84.7 Å². The number of aromatic nitrogens is 3. The number of nitrogens with zero attached hydrogens (tertiary/aromatic N) is 6. The Hall–Kier alpha value is -8.97. The van der Waals surface area contributed by atoms with Crippen LogP contribution in [0.25, 0.3) is 94.3 Å². The van der Waals surface area contributed by atoms with E-state index in [9.17, 15) is 5.26 Å². The lowest BCUT2D eigenvalue weighted by atomic mass is 9.94. The second-order valence-corrected chi connectivity index (χ2v) is 15.4. The van der Waals surface area contributed by atoms with Gasteiger partial charge in [-0.2, -0.15) is 5.26 Å². The molecule has 0 amide bonds. The Kier molecular flexibility index (Phi) is 9.16. The normalized spacial score (nSPS) is 11.1. The second-order valence-electron chi connectivity index (χ2n) is 15.4. The zero-order chi connectivity index (χ0) is 42.3. The number of fused-ring (bicyclic) bond motifs is 3. The fourth-order valence-corrected chi connectivity index (χ4v) is 8.70. The summed E-state index contributed by atoms with van der Waals surface area (Å²) in [6.45, 7) is 7.52. The molecule has 1 aliphatic carbocycles. The van der Waals surface area contributed by atoms with Crippen LogP contribution in [-0.2, 0) is 0 Å². The molecule has 6 nitrogen and oxygen atoms in total. The Morgan fingerprint density at radius 2 is 0.889 bits per heavy atom. The summed E-state index contributed by atoms with van der Waals surface area (Å²) in [5.41, 5.74) is 15.5. The molecule has 6 heteroatoms. The van der Waals surface area contributed by atoms with Crippen LogP contribution in [0.2, 0.25) is 0 Å². The number of benzene rings is 9. The van der Waals surface area contributed by atoms with Gasteiger partial charge in [0, 0.05) is 39.2 Å². The molecule has 1 aromatic heterocycles. The van der Waals surface area contributed by atoms with Crippen LogP contribution < -0.4 is 4.90 Å². The highest BCUT2D eigenvalue weighted by atomic mass is 15.1. The molecular formula is C57H34N6. The van der Waals surface area contributed by atoms with Gasteiger partial charge in [-0.05, 0) is 105 Å². The van der Waals surface area contributed by atoms with Gasteiger partial charge in [-0.15, -0.1) is 0 Å². The summed E-state index contributed by atoms with van der Waals surface area (Å²) in [6, 6.07) is 72.7. The van der Waals surface area contributed by atoms with Crippen LogP contribution in [0.5, 0.6) is 0 Å². The Bertz CT molecular complexity index is 3260. The highest BCUT2D eigenvalue weighted by molar-refractivity contribution is 6.21. The summed E-state index contributed by atoms with van der Waals surface area (Å²) in [7, 11) is 0. The van der Waals surface area contributed by atoms with E-state index in [1.54, 1.807) is 24.3 Å². The summed E-state index contributed by atoms with van der Waals surface area (Å²) < 4.78 is 0. The van der Waals surface area contributed by atoms with E-state index in [-0.39, 0.29) is 0 Å². The Morgan fingerprint density at radius 3 is 1.41 bits per heavy atom. The summed E-state index contributed by atoms with van der Waals surface area (Å²) in [4.78, 5) is 21.3. The van der Waals surface area contributed by atoms with Crippen molar-refractivity contribution in [2.45, 2.75) is 0 Å². The molecule has 11 rings (SSSR count). The molecule has 63 heavy (non-hydrogen) atoms. The van der Waals surface area contributed by atoms with E-state index in [1.165, 1.54) is 5.39 Å². The van der Waals surface area contributed by atoms with Crippen molar-refractivity contribution >= 4 is 33.5 Å². The highest BCUT2D eigenvalue weighted by Crippen LogP contribution is 2.56. The first-order valence-corrected chi connectivity index (χ1v) is 20.7. The van der Waals surface area contributed by atoms with Gasteiger partial charge in [0.1, 0.15) is 0 Å². The third-order valence-corrected chi connectivity index (χ3v) is 11.7. The maximum atomic E-state index is 9.56. The molecule has 1 aliphatic rings. The molecule has 0 atom stereocenters. The first-order chi connectivity index (χ1) is 31.1. The van der Waals surface area contributed by atoms with Gasteiger partial charge in [0.05, 0.1) is 23.9 Å². The molecule has 0 bridgehead atoms. The topological polar surface area (TPSA) is 70.1 Å². The molecule has 0 aliphatic heterocycles. The van der Waals surface area contributed by atoms with Gasteiger partial charge in [-0.3, -0.25) is 0 Å². The molecule has 0 unspecified atom stereocenters. The molecule has 0 N–H and O–H groups in total. The van der Waals surface area contributed by atoms with Crippen LogP contribution in [0.1, 0.15) is 5.56 Å². The van der Waals surface area contributed by atoms with Crippen LogP contribution in [0.4, 0.5) is 22.7 Å². The minimum absolute atomic E-state index is 0.485. The van der Waals surface area contributed by atoms with Crippen molar-refractivity contribution in [3.63, 3.8) is 0 Å². The third kappa shape index (κ3) is 6.66. The fraction of sp³-hybridized carbons (Fsp3) is 0. The lowest BCUT2D eigenvalue weighted by Gasteiger charge is -2.29. The van der Waals surface area contributed by atoms with Gasteiger partial charge in [-0.1, -0.05) is 146 Å². The van der Waals surface area contributed by atoms with Crippen molar-refractivity contribution < 1.29 is 0 Å². The molecule has 292 valence electrons. The Labute approximate surface area is 365 Å². The van der Waals surface area contributed by atoms with Gasteiger partial charge >= 0.3 is 0 Å². The first-order valence-electron chi connectivity index (χ1n) is 20.7. The van der Waals surface area contributed by atoms with Crippen molar-refractivity contribution in [1.82, 2.24) is 15.0 Å². The monoisotopic (exact) mass is 802 g/mol. The number of anilines is 3. The summed E-state index contributed by atoms with van der Waals surface area (Å²) in [6.07, 6.45) is 0. The SMILES string of the molecule is [C-]#[N+]c1ccc(-c2nc(-c3ccc(C#N)cc3)nc(-c3ccc(N(c4ccc(-c5ccccc5)cc4)c4ccc(-c5ccccc5)cc4)c4c3-c3cccc5cccc-4c35)n2)cc1. The largest absolute Gasteiger partial charge is 0.310 e. The Morgan fingerprint density at radius 1 is 0.413 bits per heavy atom. The minimum atomic E-state index is 0.485. The molecular weight excluding hydrogens is 769 g/mol. The van der Waals surface area contributed by atoms with Crippen molar-refractivity contribution in [1.29, 1.82) is 5.26 Å². The number of hydrogen-bond acceptors (Lipinski definition) is 5. The molecule has 0 fully saturated rings. The molecule has 9 aromatic carbocycles. The molecule has 10 aromatic rings. The standard InChI is InChI=1S/C57H34N6/c1-59-45-28-22-44(23-29-45)56-60-55(43-20-18-37(36-58)19-21-43)61-57(62-56)50-34-35-51(54-49-17-9-15-42-14-8-16-48(52(42)49)53(50)54)63(46-30-24-40(25-31-46)38-10-4-2-5-11-38)47-32-26-41(27-33-47)39-12-6-3-7-13-39/h2-35H. The number of hydrogen-bond donors (Lipinski definition) is 0. The molecule has 0 saturated heterocycles. The Balaban J connectivity index is 1.15. The maximum Gasteiger partial charge on any atom is 0.187 e. The van der Waals surface area contributed by atoms with E-state index in [0.29, 0.717) is 28.7 Å². The van der Waals surface area contributed by atoms with E-state index in [0.717, 1.165) is 83.6 Å². The lowest BCUT2D eigenvalue weighted by molar-refractivity contribution is 1.07. The average molecular weight is 803 g/mol. The van der Waals surface area contributed by atoms with E-state index >= 15 is 0 Å².